The Morgan fingerprint density at radius 3 is 2.10 bits per heavy atom. The second kappa shape index (κ2) is 13.7. The van der Waals surface area contributed by atoms with Crippen molar-refractivity contribution in [1.82, 2.24) is 9.97 Å². The average molecular weight is 585 g/mol. The van der Waals surface area contributed by atoms with Crippen molar-refractivity contribution in [2.45, 2.75) is 60.3 Å². The summed E-state index contributed by atoms with van der Waals surface area (Å²) in [4.78, 5) is 32.1. The van der Waals surface area contributed by atoms with Crippen LogP contribution in [0.4, 0.5) is 28.9 Å². The van der Waals surface area contributed by atoms with E-state index < -0.39 is 30.0 Å². The number of amides is 2. The number of benzene rings is 2. The number of anilines is 2. The summed E-state index contributed by atoms with van der Waals surface area (Å²) in [6.07, 6.45) is 3.13. The predicted octanol–water partition coefficient (Wildman–Crippen LogP) is 8.30. The number of aryl methyl sites for hydroxylation is 1. The van der Waals surface area contributed by atoms with Crippen molar-refractivity contribution in [3.63, 3.8) is 0 Å². The largest absolute Gasteiger partial charge is 0.324 e. The van der Waals surface area contributed by atoms with Crippen LogP contribution < -0.4 is 10.6 Å². The molecule has 10 heteroatoms. The fourth-order valence-electron chi connectivity index (χ4n) is 4.60. The summed E-state index contributed by atoms with van der Waals surface area (Å²) in [5, 5.41) is 6.68. The molecule has 2 aromatic heterocycles. The van der Waals surface area contributed by atoms with Gasteiger partial charge in [0.2, 0.25) is 17.7 Å². The van der Waals surface area contributed by atoms with E-state index in [9.17, 15) is 27.2 Å². The summed E-state index contributed by atoms with van der Waals surface area (Å²) in [7, 11) is 0. The molecule has 0 saturated heterocycles. The first kappa shape index (κ1) is 32.4. The number of rotatable bonds is 8. The van der Waals surface area contributed by atoms with E-state index in [0.29, 0.717) is 28.2 Å². The Morgan fingerprint density at radius 1 is 0.857 bits per heavy atom. The molecule has 0 saturated carbocycles. The number of halogens is 4. The summed E-state index contributed by atoms with van der Waals surface area (Å²) in [5.74, 6) is -4.68. The zero-order valence-corrected chi connectivity index (χ0v) is 24.6. The highest BCUT2D eigenvalue weighted by Gasteiger charge is 2.28. The fraction of sp³-hybridized carbons (Fsp3) is 0.375. The Morgan fingerprint density at radius 2 is 1.45 bits per heavy atom. The van der Waals surface area contributed by atoms with Crippen molar-refractivity contribution in [3.05, 3.63) is 72.1 Å². The molecule has 2 N–H and O–H groups in total. The third kappa shape index (κ3) is 8.71. The third-order valence-electron chi connectivity index (χ3n) is 6.69. The minimum Gasteiger partial charge on any atom is -0.324 e. The molecule has 2 heterocycles. The number of alkyl halides is 2. The summed E-state index contributed by atoms with van der Waals surface area (Å²) in [5.41, 5.74) is 2.37. The summed E-state index contributed by atoms with van der Waals surface area (Å²) in [6, 6.07) is 10.9. The maximum absolute atomic E-state index is 13.7. The number of aromatic nitrogens is 2. The molecule has 42 heavy (non-hydrogen) atoms. The van der Waals surface area contributed by atoms with Crippen molar-refractivity contribution in [2.75, 3.05) is 10.6 Å². The van der Waals surface area contributed by atoms with Crippen molar-refractivity contribution < 1.29 is 27.2 Å². The van der Waals surface area contributed by atoms with Crippen molar-refractivity contribution >= 4 is 45.0 Å². The molecule has 224 valence electrons. The second-order valence-electron chi connectivity index (χ2n) is 11.2. The van der Waals surface area contributed by atoms with Gasteiger partial charge >= 0.3 is 0 Å². The monoisotopic (exact) mass is 584 g/mol. The Kier molecular flexibility index (Phi) is 10.6. The summed E-state index contributed by atoms with van der Waals surface area (Å²) < 4.78 is 52.9. The standard InChI is InChI=1S/C17H21FN2O.C15H15F3N2O/c1-10(2)8-11(3)17(21)20-15-9-19-16-13(12(15)4)6-5-7-14(16)18;1-9(7-15(2,17)18)14(21)20-11-6-10-4-3-5-12(16)13(10)19-8-11/h5-7,9-11H,8H2,1-4H3,(H,20,21);3-6,8-9H,7H2,1-2H3,(H,20,21). The molecule has 0 aliphatic carbocycles. The van der Waals surface area contributed by atoms with E-state index in [1.807, 2.05) is 19.9 Å². The number of fused-ring (bicyclic) bond motifs is 2. The number of carbonyl (C=O) groups excluding carboxylic acids is 2. The highest BCUT2D eigenvalue weighted by molar-refractivity contribution is 5.96. The molecule has 0 fully saturated rings. The number of carbonyl (C=O) groups is 2. The minimum absolute atomic E-state index is 0.0237. The summed E-state index contributed by atoms with van der Waals surface area (Å²) >= 11 is 0. The van der Waals surface area contributed by atoms with Gasteiger partial charge in [0.25, 0.3) is 0 Å². The van der Waals surface area contributed by atoms with Gasteiger partial charge in [-0.3, -0.25) is 19.6 Å². The zero-order valence-electron chi connectivity index (χ0n) is 24.6. The molecule has 0 aliphatic heterocycles. The maximum atomic E-state index is 13.7. The highest BCUT2D eigenvalue weighted by Crippen LogP contribution is 2.26. The predicted molar refractivity (Wildman–Crippen MR) is 158 cm³/mol. The Labute approximate surface area is 242 Å². The van der Waals surface area contributed by atoms with Crippen LogP contribution >= 0.6 is 0 Å². The van der Waals surface area contributed by atoms with E-state index in [0.717, 1.165) is 24.3 Å². The van der Waals surface area contributed by atoms with E-state index in [2.05, 4.69) is 34.4 Å². The number of hydrogen-bond donors (Lipinski definition) is 2. The van der Waals surface area contributed by atoms with Gasteiger partial charge in [-0.2, -0.15) is 0 Å². The van der Waals surface area contributed by atoms with Gasteiger partial charge in [-0.15, -0.1) is 0 Å². The Hall–Kier alpha value is -4.08. The summed E-state index contributed by atoms with van der Waals surface area (Å²) in [6.45, 7) is 10.2. The van der Waals surface area contributed by atoms with Gasteiger partial charge in [0.05, 0.1) is 23.8 Å². The zero-order chi connectivity index (χ0) is 31.2. The topological polar surface area (TPSA) is 84.0 Å². The number of pyridine rings is 2. The highest BCUT2D eigenvalue weighted by atomic mass is 19.3. The van der Waals surface area contributed by atoms with Crippen LogP contribution in [0.2, 0.25) is 0 Å². The second-order valence-corrected chi connectivity index (χ2v) is 11.2. The lowest BCUT2D eigenvalue weighted by Gasteiger charge is -2.16. The molecular weight excluding hydrogens is 548 g/mol. The fourth-order valence-corrected chi connectivity index (χ4v) is 4.60. The van der Waals surface area contributed by atoms with Crippen LogP contribution in [0.15, 0.2) is 54.9 Å². The quantitative estimate of drug-likeness (QED) is 0.204. The van der Waals surface area contributed by atoms with Crippen LogP contribution in [0.25, 0.3) is 21.8 Å². The van der Waals surface area contributed by atoms with Crippen LogP contribution in [0.1, 0.15) is 53.0 Å². The molecule has 0 aliphatic rings. The van der Waals surface area contributed by atoms with E-state index in [1.165, 1.54) is 37.5 Å². The lowest BCUT2D eigenvalue weighted by atomic mass is 9.98. The average Bonchev–Trinajstić information content (AvgIpc) is 2.89. The van der Waals surface area contributed by atoms with Crippen LogP contribution in [0, 0.1) is 36.3 Å². The number of para-hydroxylation sites is 2. The number of nitrogens with zero attached hydrogens (tertiary/aromatic N) is 2. The molecule has 2 aromatic carbocycles. The van der Waals surface area contributed by atoms with E-state index in [-0.39, 0.29) is 23.2 Å². The Balaban J connectivity index is 0.000000230. The molecule has 2 amide bonds. The third-order valence-corrected chi connectivity index (χ3v) is 6.69. The molecule has 0 radical (unpaired) electrons. The van der Waals surface area contributed by atoms with E-state index >= 15 is 0 Å². The minimum atomic E-state index is -2.90. The van der Waals surface area contributed by atoms with Gasteiger partial charge in [0.1, 0.15) is 22.7 Å². The first-order valence-electron chi connectivity index (χ1n) is 13.7. The molecule has 2 unspecified atom stereocenters. The van der Waals surface area contributed by atoms with Crippen LogP contribution in [-0.2, 0) is 9.59 Å². The van der Waals surface area contributed by atoms with Crippen LogP contribution in [0.3, 0.4) is 0 Å². The van der Waals surface area contributed by atoms with Crippen LogP contribution in [-0.4, -0.2) is 27.7 Å². The van der Waals surface area contributed by atoms with Gasteiger partial charge in [-0.05, 0) is 49.9 Å². The van der Waals surface area contributed by atoms with Crippen molar-refractivity contribution in [1.29, 1.82) is 0 Å². The van der Waals surface area contributed by atoms with E-state index in [1.54, 1.807) is 18.2 Å². The van der Waals surface area contributed by atoms with Crippen molar-refractivity contribution in [3.8, 4) is 0 Å². The maximum Gasteiger partial charge on any atom is 0.246 e. The van der Waals surface area contributed by atoms with E-state index in [4.69, 9.17) is 0 Å². The molecular formula is C32H36F4N4O2. The van der Waals surface area contributed by atoms with Crippen LogP contribution in [0.5, 0.6) is 0 Å². The first-order chi connectivity index (χ1) is 19.7. The molecule has 6 nitrogen and oxygen atoms in total. The molecule has 0 bridgehead atoms. The normalized spacial score (nSPS) is 12.9. The smallest absolute Gasteiger partial charge is 0.246 e. The molecule has 4 rings (SSSR count). The van der Waals surface area contributed by atoms with Gasteiger partial charge in [0.15, 0.2) is 0 Å². The lowest BCUT2D eigenvalue weighted by molar-refractivity contribution is -0.122. The number of nitrogens with one attached hydrogen (secondary N) is 2. The van der Waals surface area contributed by atoms with Gasteiger partial charge < -0.3 is 10.6 Å². The Bertz CT molecular complexity index is 1570. The SMILES string of the molecule is CC(CC(C)(F)F)C(=O)Nc1cnc2c(F)cccc2c1.Cc1c(NC(=O)C(C)CC(C)C)cnc2c(F)cccc12. The molecule has 0 spiro atoms. The molecule has 2 atom stereocenters. The van der Waals surface area contributed by atoms with Gasteiger partial charge in [-0.1, -0.05) is 52.0 Å². The lowest BCUT2D eigenvalue weighted by Crippen LogP contribution is -2.26. The number of hydrogen-bond acceptors (Lipinski definition) is 4. The molecule has 4 aromatic rings. The van der Waals surface area contributed by atoms with Gasteiger partial charge in [-0.25, -0.2) is 17.6 Å². The first-order valence-corrected chi connectivity index (χ1v) is 13.7. The van der Waals surface area contributed by atoms with Gasteiger partial charge in [0, 0.05) is 29.0 Å². The van der Waals surface area contributed by atoms with Crippen molar-refractivity contribution in [2.24, 2.45) is 17.8 Å².